The Balaban J connectivity index is 2.18. The SMILES string of the molecule is CCC1CCN(c2ccc(Br)c(C)n2)C(CN)C1. The number of piperidine rings is 1. The van der Waals surface area contributed by atoms with Crippen LogP contribution in [0.15, 0.2) is 16.6 Å². The lowest BCUT2D eigenvalue weighted by molar-refractivity contribution is 0.334. The Morgan fingerprint density at radius 3 is 2.89 bits per heavy atom. The number of halogens is 1. The standard InChI is InChI=1S/C14H22BrN3/c1-3-11-6-7-18(12(8-11)9-16)14-5-4-13(15)10(2)17-14/h4-5,11-12H,3,6-9,16H2,1-2H3. The maximum absolute atomic E-state index is 5.94. The third-order valence-corrected chi connectivity index (χ3v) is 4.81. The van der Waals surface area contributed by atoms with E-state index in [1.165, 1.54) is 19.3 Å². The van der Waals surface area contributed by atoms with E-state index in [9.17, 15) is 0 Å². The van der Waals surface area contributed by atoms with Gasteiger partial charge in [0.2, 0.25) is 0 Å². The highest BCUT2D eigenvalue weighted by atomic mass is 79.9. The van der Waals surface area contributed by atoms with E-state index in [0.717, 1.165) is 28.4 Å². The molecule has 3 nitrogen and oxygen atoms in total. The van der Waals surface area contributed by atoms with Crippen LogP contribution in [0.1, 0.15) is 31.9 Å². The van der Waals surface area contributed by atoms with E-state index < -0.39 is 0 Å². The molecule has 4 heteroatoms. The molecule has 0 bridgehead atoms. The summed E-state index contributed by atoms with van der Waals surface area (Å²) in [5, 5.41) is 0. The molecule has 0 radical (unpaired) electrons. The van der Waals surface area contributed by atoms with Gasteiger partial charge in [-0.15, -0.1) is 0 Å². The summed E-state index contributed by atoms with van der Waals surface area (Å²) >= 11 is 3.50. The minimum absolute atomic E-state index is 0.441. The van der Waals surface area contributed by atoms with E-state index in [-0.39, 0.29) is 0 Å². The van der Waals surface area contributed by atoms with Crippen molar-refractivity contribution in [2.45, 2.75) is 39.2 Å². The van der Waals surface area contributed by atoms with Crippen LogP contribution in [-0.4, -0.2) is 24.1 Å². The molecule has 1 fully saturated rings. The highest BCUT2D eigenvalue weighted by molar-refractivity contribution is 9.10. The van der Waals surface area contributed by atoms with Gasteiger partial charge >= 0.3 is 0 Å². The second-order valence-corrected chi connectivity index (χ2v) is 5.97. The summed E-state index contributed by atoms with van der Waals surface area (Å²) < 4.78 is 1.07. The summed E-state index contributed by atoms with van der Waals surface area (Å²) in [4.78, 5) is 7.05. The fourth-order valence-corrected chi connectivity index (χ4v) is 2.94. The van der Waals surface area contributed by atoms with Gasteiger partial charge in [0.25, 0.3) is 0 Å². The molecule has 2 rings (SSSR count). The van der Waals surface area contributed by atoms with Crippen molar-refractivity contribution in [2.75, 3.05) is 18.0 Å². The van der Waals surface area contributed by atoms with Crippen LogP contribution in [-0.2, 0) is 0 Å². The minimum Gasteiger partial charge on any atom is -0.352 e. The third kappa shape index (κ3) is 2.86. The third-order valence-electron chi connectivity index (χ3n) is 3.97. The van der Waals surface area contributed by atoms with E-state index >= 15 is 0 Å². The summed E-state index contributed by atoms with van der Waals surface area (Å²) in [6.45, 7) is 6.10. The van der Waals surface area contributed by atoms with Gasteiger partial charge in [0.05, 0.1) is 5.69 Å². The van der Waals surface area contributed by atoms with Crippen LogP contribution in [0.25, 0.3) is 0 Å². The Morgan fingerprint density at radius 2 is 2.28 bits per heavy atom. The van der Waals surface area contributed by atoms with E-state index in [0.29, 0.717) is 12.6 Å². The van der Waals surface area contributed by atoms with Gasteiger partial charge in [0.1, 0.15) is 5.82 Å². The number of aryl methyl sites for hydroxylation is 1. The van der Waals surface area contributed by atoms with Gasteiger partial charge in [-0.3, -0.25) is 0 Å². The molecular weight excluding hydrogens is 290 g/mol. The first kappa shape index (κ1) is 13.8. The zero-order valence-electron chi connectivity index (χ0n) is 11.2. The van der Waals surface area contributed by atoms with Crippen LogP contribution in [0.2, 0.25) is 0 Å². The molecule has 100 valence electrons. The van der Waals surface area contributed by atoms with Crippen molar-refractivity contribution in [3.05, 3.63) is 22.3 Å². The van der Waals surface area contributed by atoms with E-state index in [4.69, 9.17) is 5.73 Å². The molecule has 2 atom stereocenters. The molecule has 1 aromatic heterocycles. The number of nitrogens with two attached hydrogens (primary N) is 1. The van der Waals surface area contributed by atoms with Crippen molar-refractivity contribution < 1.29 is 0 Å². The highest BCUT2D eigenvalue weighted by Gasteiger charge is 2.27. The van der Waals surface area contributed by atoms with Crippen molar-refractivity contribution >= 4 is 21.7 Å². The lowest BCUT2D eigenvalue weighted by Crippen LogP contribution is -2.47. The van der Waals surface area contributed by atoms with Crippen LogP contribution in [0, 0.1) is 12.8 Å². The van der Waals surface area contributed by atoms with Crippen molar-refractivity contribution in [3.63, 3.8) is 0 Å². The molecular formula is C14H22BrN3. The number of hydrogen-bond acceptors (Lipinski definition) is 3. The summed E-state index contributed by atoms with van der Waals surface area (Å²) in [5.74, 6) is 1.90. The fourth-order valence-electron chi connectivity index (χ4n) is 2.72. The van der Waals surface area contributed by atoms with Gasteiger partial charge in [-0.2, -0.15) is 0 Å². The molecule has 1 aliphatic rings. The summed E-state index contributed by atoms with van der Waals surface area (Å²) in [6, 6.07) is 4.61. The zero-order valence-corrected chi connectivity index (χ0v) is 12.8. The van der Waals surface area contributed by atoms with E-state index in [1.54, 1.807) is 0 Å². The van der Waals surface area contributed by atoms with Gasteiger partial charge in [0, 0.05) is 23.6 Å². The van der Waals surface area contributed by atoms with Gasteiger partial charge < -0.3 is 10.6 Å². The summed E-state index contributed by atoms with van der Waals surface area (Å²) in [7, 11) is 0. The quantitative estimate of drug-likeness (QED) is 0.932. The van der Waals surface area contributed by atoms with Gasteiger partial charge in [0.15, 0.2) is 0 Å². The normalized spacial score (nSPS) is 24.3. The monoisotopic (exact) mass is 311 g/mol. The number of aromatic nitrogens is 1. The first-order chi connectivity index (χ1) is 8.65. The topological polar surface area (TPSA) is 42.2 Å². The predicted molar refractivity (Wildman–Crippen MR) is 79.9 cm³/mol. The maximum Gasteiger partial charge on any atom is 0.129 e. The largest absolute Gasteiger partial charge is 0.352 e. The lowest BCUT2D eigenvalue weighted by atomic mass is 9.89. The van der Waals surface area contributed by atoms with E-state index in [1.807, 2.05) is 6.92 Å². The summed E-state index contributed by atoms with van der Waals surface area (Å²) in [6.07, 6.45) is 3.71. The van der Waals surface area contributed by atoms with Crippen LogP contribution in [0.3, 0.4) is 0 Å². The van der Waals surface area contributed by atoms with Crippen LogP contribution >= 0.6 is 15.9 Å². The summed E-state index contributed by atoms with van der Waals surface area (Å²) in [5.41, 5.74) is 6.98. The number of pyridine rings is 1. The number of hydrogen-bond donors (Lipinski definition) is 1. The highest BCUT2D eigenvalue weighted by Crippen LogP contribution is 2.29. The van der Waals surface area contributed by atoms with Crippen LogP contribution in [0.5, 0.6) is 0 Å². The molecule has 2 N–H and O–H groups in total. The van der Waals surface area contributed by atoms with E-state index in [2.05, 4.69) is 44.9 Å². The van der Waals surface area contributed by atoms with Crippen molar-refractivity contribution in [2.24, 2.45) is 11.7 Å². The molecule has 0 amide bonds. The van der Waals surface area contributed by atoms with Crippen molar-refractivity contribution in [1.82, 2.24) is 4.98 Å². The second-order valence-electron chi connectivity index (χ2n) is 5.12. The molecule has 0 spiro atoms. The molecule has 0 aliphatic carbocycles. The van der Waals surface area contributed by atoms with Crippen molar-refractivity contribution in [1.29, 1.82) is 0 Å². The Kier molecular flexibility index (Phi) is 4.62. The first-order valence-electron chi connectivity index (χ1n) is 6.75. The van der Waals surface area contributed by atoms with Gasteiger partial charge in [-0.25, -0.2) is 4.98 Å². The number of nitrogens with zero attached hydrogens (tertiary/aromatic N) is 2. The molecule has 0 aromatic carbocycles. The molecule has 0 saturated carbocycles. The van der Waals surface area contributed by atoms with Gasteiger partial charge in [-0.1, -0.05) is 13.3 Å². The minimum atomic E-state index is 0.441. The Labute approximate surface area is 118 Å². The Hall–Kier alpha value is -0.610. The molecule has 1 aliphatic heterocycles. The molecule has 2 heterocycles. The smallest absolute Gasteiger partial charge is 0.129 e. The number of rotatable bonds is 3. The molecule has 18 heavy (non-hydrogen) atoms. The molecule has 2 unspecified atom stereocenters. The first-order valence-corrected chi connectivity index (χ1v) is 7.54. The predicted octanol–water partition coefficient (Wildman–Crippen LogP) is 3.11. The average Bonchev–Trinajstić information content (AvgIpc) is 2.41. The van der Waals surface area contributed by atoms with Crippen molar-refractivity contribution in [3.8, 4) is 0 Å². The zero-order chi connectivity index (χ0) is 13.1. The lowest BCUT2D eigenvalue weighted by Gasteiger charge is -2.39. The average molecular weight is 312 g/mol. The maximum atomic E-state index is 5.94. The van der Waals surface area contributed by atoms with Gasteiger partial charge in [-0.05, 0) is 53.7 Å². The fraction of sp³-hybridized carbons (Fsp3) is 0.643. The second kappa shape index (κ2) is 6.02. The Morgan fingerprint density at radius 1 is 1.50 bits per heavy atom. The van der Waals surface area contributed by atoms with Crippen LogP contribution in [0.4, 0.5) is 5.82 Å². The Bertz CT molecular complexity index is 408. The number of anilines is 1. The van der Waals surface area contributed by atoms with Crippen LogP contribution < -0.4 is 10.6 Å². The molecule has 1 saturated heterocycles. The molecule has 1 aromatic rings.